The number of aliphatic carboxylic acids is 1. The van der Waals surface area contributed by atoms with E-state index in [1.54, 1.807) is 20.1 Å². The number of aliphatic hydroxyl groups excluding tert-OH is 1. The first-order valence-electron chi connectivity index (χ1n) is 27.9. The van der Waals surface area contributed by atoms with Crippen molar-refractivity contribution in [3.63, 3.8) is 0 Å². The summed E-state index contributed by atoms with van der Waals surface area (Å²) >= 11 is 1.35. The van der Waals surface area contributed by atoms with Gasteiger partial charge in [0.25, 0.3) is 5.91 Å². The highest BCUT2D eigenvalue weighted by Gasteiger charge is 2.36. The standard InChI is InChI=1S/C52H89N15O14S/c1-28(2)22-36-45(74)56-20-13-9-8-10-15-41(70)65-43(31(6)68)52(81)61-34(16-17-42(71)72)48(77)59-33(14-11-12-19-53)47(76)60-35(18-21-82-7)46(75)58-30(5)44(73)67-66-39(23-29(3)4)51(80)63-37(24-32-26-55-27-57-32)49(78)64-38(25-40(54)69)50(79)62-36/h26-31,33-39,43,66,68H,8-25,53H2,1-7H3,(H2,54,69)(H,55,57)(H,56,74)(H,58,75)(H,59,77)(H,60,76)(H,61,81)(H,62,79)(H,63,80)(H,64,78)(H,65,70)(H,67,73)(H,71,72)/t30-,31+,33-,34-,35-,36-,37-,38-,39-,43-/m0/s1. The first kappa shape index (κ1) is 71.2. The summed E-state index contributed by atoms with van der Waals surface area (Å²) in [4.78, 5) is 169. The lowest BCUT2D eigenvalue weighted by Crippen LogP contribution is -2.61. The van der Waals surface area contributed by atoms with Gasteiger partial charge in [-0.1, -0.05) is 40.5 Å². The fourth-order valence-corrected chi connectivity index (χ4v) is 8.93. The van der Waals surface area contributed by atoms with E-state index >= 15 is 0 Å². The molecule has 462 valence electrons. The third-order valence-electron chi connectivity index (χ3n) is 13.0. The van der Waals surface area contributed by atoms with E-state index in [0.717, 1.165) is 0 Å². The predicted octanol–water partition coefficient (Wildman–Crippen LogP) is -2.98. The van der Waals surface area contributed by atoms with E-state index in [2.05, 4.69) is 68.7 Å². The number of carboxylic acid groups (broad SMARTS) is 1. The van der Waals surface area contributed by atoms with E-state index < -0.39 is 151 Å². The molecule has 1 fully saturated rings. The van der Waals surface area contributed by atoms with Crippen LogP contribution >= 0.6 is 11.8 Å². The summed E-state index contributed by atoms with van der Waals surface area (Å²) in [6.45, 7) is 10.2. The molecule has 0 unspecified atom stereocenters. The molecular formula is C52H89N15O14S. The maximum atomic E-state index is 14.2. The molecule has 2 heterocycles. The lowest BCUT2D eigenvalue weighted by atomic mass is 10.0. The van der Waals surface area contributed by atoms with E-state index in [9.17, 15) is 67.7 Å². The second-order valence-corrected chi connectivity index (χ2v) is 22.2. The summed E-state index contributed by atoms with van der Waals surface area (Å²) in [6.07, 6.45) is 3.77. The SMILES string of the molecule is CSCC[C@@H]1NC(=O)[C@H](CCCCN)NC(=O)[C@H](CCC(=O)O)NC(=O)[C@H]([C@@H](C)O)NC(=O)CCCCCCNC(=O)[C@H](CC(C)C)NC(=O)[C@H](CC(N)=O)NC(=O)[C@H](Cc2cnc[nH]2)NC(=O)[C@H](CC(C)C)NNC(=O)[C@H](C)NC1=O. The minimum Gasteiger partial charge on any atom is -0.481 e. The monoisotopic (exact) mass is 1180 g/mol. The number of nitrogens with zero attached hydrogens (tertiary/aromatic N) is 1. The minimum absolute atomic E-state index is 0.0118. The number of hydrogen-bond acceptors (Lipinski definition) is 17. The Morgan fingerprint density at radius 3 is 1.77 bits per heavy atom. The van der Waals surface area contributed by atoms with Crippen LogP contribution in [0.2, 0.25) is 0 Å². The molecule has 0 spiro atoms. The molecule has 1 saturated heterocycles. The molecule has 0 aromatic carbocycles. The van der Waals surface area contributed by atoms with Gasteiger partial charge in [-0.05, 0) is 102 Å². The van der Waals surface area contributed by atoms with E-state index in [-0.39, 0.29) is 63.5 Å². The second-order valence-electron chi connectivity index (χ2n) is 21.2. The fourth-order valence-electron chi connectivity index (χ4n) is 8.46. The quantitative estimate of drug-likeness (QED) is 0.0615. The smallest absolute Gasteiger partial charge is 0.303 e. The number of amides is 11. The van der Waals surface area contributed by atoms with Crippen LogP contribution in [-0.4, -0.2) is 177 Å². The molecular weight excluding hydrogens is 1090 g/mol. The number of unbranched alkanes of at least 4 members (excludes halogenated alkanes) is 1. The number of aromatic amines is 1. The number of carbonyl (C=O) groups excluding carboxylic acids is 11. The van der Waals surface area contributed by atoms with Gasteiger partial charge in [0.2, 0.25) is 59.1 Å². The maximum Gasteiger partial charge on any atom is 0.303 e. The molecule has 10 atom stereocenters. The Hall–Kier alpha value is -6.92. The number of H-pyrrole nitrogens is 1. The number of aliphatic hydroxyl groups is 1. The Labute approximate surface area is 482 Å². The van der Waals surface area contributed by atoms with Gasteiger partial charge in [0.05, 0.1) is 18.9 Å². The van der Waals surface area contributed by atoms with Crippen LogP contribution in [0, 0.1) is 11.8 Å². The molecule has 0 saturated carbocycles. The third-order valence-corrected chi connectivity index (χ3v) is 13.6. The number of nitrogens with one attached hydrogen (secondary N) is 12. The van der Waals surface area contributed by atoms with Crippen molar-refractivity contribution in [1.82, 2.24) is 68.7 Å². The highest BCUT2D eigenvalue weighted by atomic mass is 32.2. The van der Waals surface area contributed by atoms with Crippen molar-refractivity contribution in [1.29, 1.82) is 0 Å². The van der Waals surface area contributed by atoms with E-state index in [0.29, 0.717) is 50.0 Å². The highest BCUT2D eigenvalue weighted by molar-refractivity contribution is 7.98. The number of thioether (sulfide) groups is 1. The van der Waals surface area contributed by atoms with Gasteiger partial charge in [0.15, 0.2) is 0 Å². The summed E-state index contributed by atoms with van der Waals surface area (Å²) in [6, 6.07) is -12.5. The van der Waals surface area contributed by atoms with Gasteiger partial charge in [-0.25, -0.2) is 10.4 Å². The van der Waals surface area contributed by atoms with E-state index in [4.69, 9.17) is 11.5 Å². The summed E-state index contributed by atoms with van der Waals surface area (Å²) in [5.41, 5.74) is 16.8. The Bertz CT molecular complexity index is 2270. The molecule has 1 aromatic rings. The van der Waals surface area contributed by atoms with Crippen molar-refractivity contribution in [2.75, 3.05) is 25.1 Å². The van der Waals surface area contributed by atoms with Gasteiger partial charge in [-0.3, -0.25) is 63.0 Å². The normalized spacial score (nSPS) is 25.2. The van der Waals surface area contributed by atoms with Crippen LogP contribution in [0.15, 0.2) is 12.5 Å². The number of hydrogen-bond donors (Lipinski definition) is 16. The van der Waals surface area contributed by atoms with Crippen molar-refractivity contribution in [3.05, 3.63) is 18.2 Å². The van der Waals surface area contributed by atoms with Crippen molar-refractivity contribution in [2.45, 2.75) is 198 Å². The van der Waals surface area contributed by atoms with E-state index in [1.165, 1.54) is 38.1 Å². The van der Waals surface area contributed by atoms with Crippen LogP contribution in [0.3, 0.4) is 0 Å². The van der Waals surface area contributed by atoms with Gasteiger partial charge >= 0.3 is 5.97 Å². The molecule has 18 N–H and O–H groups in total. The van der Waals surface area contributed by atoms with Crippen molar-refractivity contribution in [2.24, 2.45) is 23.3 Å². The molecule has 11 amide bonds. The first-order valence-corrected chi connectivity index (χ1v) is 29.2. The van der Waals surface area contributed by atoms with Gasteiger partial charge in [-0.15, -0.1) is 0 Å². The number of carboxylic acids is 1. The molecule has 0 radical (unpaired) electrons. The van der Waals surface area contributed by atoms with Crippen LogP contribution in [0.4, 0.5) is 0 Å². The number of rotatable bonds is 19. The largest absolute Gasteiger partial charge is 0.481 e. The topological polar surface area (TPSA) is 458 Å². The van der Waals surface area contributed by atoms with Crippen molar-refractivity contribution >= 4 is 82.7 Å². The lowest BCUT2D eigenvalue weighted by Gasteiger charge is -2.28. The third kappa shape index (κ3) is 27.7. The van der Waals surface area contributed by atoms with Crippen LogP contribution in [0.5, 0.6) is 0 Å². The van der Waals surface area contributed by atoms with Gasteiger partial charge in [0.1, 0.15) is 54.4 Å². The molecule has 2 rings (SSSR count). The number of nitrogens with two attached hydrogens (primary N) is 2. The summed E-state index contributed by atoms with van der Waals surface area (Å²) in [5, 5.41) is 43.4. The van der Waals surface area contributed by atoms with Crippen molar-refractivity contribution < 1.29 is 67.7 Å². The average Bonchev–Trinajstić information content (AvgIpc) is 3.97. The summed E-state index contributed by atoms with van der Waals surface area (Å²) in [5.74, 6) is -10.5. The van der Waals surface area contributed by atoms with Gasteiger partial charge in [0, 0.05) is 37.7 Å². The summed E-state index contributed by atoms with van der Waals surface area (Å²) in [7, 11) is 0. The first-order chi connectivity index (χ1) is 38.8. The average molecular weight is 1180 g/mol. The zero-order valence-corrected chi connectivity index (χ0v) is 48.9. The molecule has 30 heteroatoms. The molecule has 0 bridgehead atoms. The molecule has 1 aliphatic rings. The number of carbonyl (C=O) groups is 12. The molecule has 82 heavy (non-hydrogen) atoms. The minimum atomic E-state index is -1.61. The maximum absolute atomic E-state index is 14.2. The number of aromatic nitrogens is 2. The Morgan fingerprint density at radius 2 is 1.18 bits per heavy atom. The van der Waals surface area contributed by atoms with Gasteiger partial charge in [-0.2, -0.15) is 11.8 Å². The highest BCUT2D eigenvalue weighted by Crippen LogP contribution is 2.12. The molecule has 1 aliphatic heterocycles. The Balaban J connectivity index is 2.61. The number of primary amides is 1. The fraction of sp³-hybridized carbons (Fsp3) is 0.712. The van der Waals surface area contributed by atoms with Crippen molar-refractivity contribution in [3.8, 4) is 0 Å². The van der Waals surface area contributed by atoms with Crippen LogP contribution in [-0.2, 0) is 64.0 Å². The number of imidazole rings is 1. The van der Waals surface area contributed by atoms with E-state index in [1.807, 2.05) is 13.8 Å². The predicted molar refractivity (Wildman–Crippen MR) is 302 cm³/mol. The van der Waals surface area contributed by atoms with Crippen LogP contribution in [0.1, 0.15) is 137 Å². The van der Waals surface area contributed by atoms with Crippen LogP contribution < -0.4 is 70.2 Å². The Kier molecular flexibility index (Phi) is 33.0. The second kappa shape index (κ2) is 38.0. The summed E-state index contributed by atoms with van der Waals surface area (Å²) < 4.78 is 0. The molecule has 1 aromatic heterocycles. The lowest BCUT2D eigenvalue weighted by molar-refractivity contribution is -0.139. The molecule has 0 aliphatic carbocycles. The molecule has 29 nitrogen and oxygen atoms in total. The van der Waals surface area contributed by atoms with Crippen LogP contribution in [0.25, 0.3) is 0 Å². The zero-order chi connectivity index (χ0) is 61.5. The van der Waals surface area contributed by atoms with Gasteiger partial charge < -0.3 is 74.5 Å². The Morgan fingerprint density at radius 1 is 0.646 bits per heavy atom. The number of hydrazine groups is 1. The zero-order valence-electron chi connectivity index (χ0n) is 48.1.